The molecule has 0 spiro atoms. The van der Waals surface area contributed by atoms with E-state index in [1.807, 2.05) is 71.2 Å². The molecule has 0 aliphatic heterocycles. The van der Waals surface area contributed by atoms with Gasteiger partial charge in [0.1, 0.15) is 11.5 Å². The molecular formula is C26H35NO3. The van der Waals surface area contributed by atoms with Crippen molar-refractivity contribution in [1.29, 1.82) is 0 Å². The zero-order valence-electron chi connectivity index (χ0n) is 19.5. The summed E-state index contributed by atoms with van der Waals surface area (Å²) in [5.41, 5.74) is 3.45. The second-order valence-electron chi connectivity index (χ2n) is 8.99. The fraction of sp³-hybridized carbons (Fsp3) is 0.423. The van der Waals surface area contributed by atoms with E-state index in [1.54, 1.807) is 6.08 Å². The third kappa shape index (κ3) is 6.38. The van der Waals surface area contributed by atoms with E-state index in [-0.39, 0.29) is 23.4 Å². The molecule has 0 heterocycles. The largest absolute Gasteiger partial charge is 0.491 e. The van der Waals surface area contributed by atoms with Crippen molar-refractivity contribution in [2.45, 2.75) is 66.1 Å². The monoisotopic (exact) mass is 409 g/mol. The summed E-state index contributed by atoms with van der Waals surface area (Å²) in [4.78, 5) is 12.7. The molecule has 1 N–H and O–H groups in total. The summed E-state index contributed by atoms with van der Waals surface area (Å²) in [5, 5.41) is 3.06. The molecule has 0 bridgehead atoms. The normalized spacial score (nSPS) is 11.9. The molecule has 2 rings (SSSR count). The first-order valence-electron chi connectivity index (χ1n) is 10.5. The summed E-state index contributed by atoms with van der Waals surface area (Å²) in [6.45, 7) is 14.5. The minimum Gasteiger partial charge on any atom is -0.491 e. The van der Waals surface area contributed by atoms with Crippen LogP contribution in [0.1, 0.15) is 70.0 Å². The Labute approximate surface area is 181 Å². The van der Waals surface area contributed by atoms with Gasteiger partial charge in [-0.05, 0) is 75.6 Å². The average molecular weight is 410 g/mol. The van der Waals surface area contributed by atoms with Crippen LogP contribution >= 0.6 is 0 Å². The minimum absolute atomic E-state index is 0.00864. The highest BCUT2D eigenvalue weighted by molar-refractivity contribution is 6.07. The molecule has 0 saturated carbocycles. The van der Waals surface area contributed by atoms with Gasteiger partial charge >= 0.3 is 0 Å². The van der Waals surface area contributed by atoms with Gasteiger partial charge in [-0.3, -0.25) is 4.79 Å². The Kier molecular flexibility index (Phi) is 7.71. The van der Waals surface area contributed by atoms with Gasteiger partial charge in [-0.2, -0.15) is 0 Å². The first kappa shape index (κ1) is 23.5. The van der Waals surface area contributed by atoms with Crippen LogP contribution in [0.2, 0.25) is 0 Å². The van der Waals surface area contributed by atoms with Gasteiger partial charge in [0.05, 0.1) is 12.2 Å². The summed E-state index contributed by atoms with van der Waals surface area (Å²) >= 11 is 0. The second-order valence-corrected chi connectivity index (χ2v) is 8.99. The predicted octanol–water partition coefficient (Wildman–Crippen LogP) is 6.50. The molecule has 0 aliphatic rings. The van der Waals surface area contributed by atoms with E-state index in [0.717, 1.165) is 22.6 Å². The van der Waals surface area contributed by atoms with Crippen molar-refractivity contribution in [2.75, 3.05) is 12.4 Å². The van der Waals surface area contributed by atoms with Crippen LogP contribution in [0.15, 0.2) is 42.5 Å². The molecule has 162 valence electrons. The molecule has 4 heteroatoms. The van der Waals surface area contributed by atoms with Crippen molar-refractivity contribution in [1.82, 2.24) is 0 Å². The molecule has 0 aliphatic carbocycles. The van der Waals surface area contributed by atoms with Gasteiger partial charge in [-0.25, -0.2) is 0 Å². The van der Waals surface area contributed by atoms with Crippen molar-refractivity contribution >= 4 is 17.5 Å². The maximum atomic E-state index is 12.7. The summed E-state index contributed by atoms with van der Waals surface area (Å²) in [5.74, 6) is 1.48. The topological polar surface area (TPSA) is 47.6 Å². The zero-order valence-corrected chi connectivity index (χ0v) is 19.5. The third-order valence-electron chi connectivity index (χ3n) is 4.52. The lowest BCUT2D eigenvalue weighted by Crippen LogP contribution is -2.17. The molecule has 0 aromatic heterocycles. The molecule has 0 amide bonds. The molecular weight excluding hydrogens is 374 g/mol. The molecule has 2 aromatic carbocycles. The number of carbonyl (C=O) groups excluding carboxylic acids is 1. The first-order chi connectivity index (χ1) is 14.0. The summed E-state index contributed by atoms with van der Waals surface area (Å²) in [6.07, 6.45) is 3.50. The van der Waals surface area contributed by atoms with Crippen molar-refractivity contribution < 1.29 is 14.3 Å². The Hall–Kier alpha value is -2.75. The number of hydrogen-bond donors (Lipinski definition) is 1. The number of anilines is 1. The van der Waals surface area contributed by atoms with Crippen LogP contribution < -0.4 is 14.8 Å². The smallest absolute Gasteiger partial charge is 0.185 e. The lowest BCUT2D eigenvalue weighted by Gasteiger charge is -2.26. The number of hydrogen-bond acceptors (Lipinski definition) is 4. The van der Waals surface area contributed by atoms with Crippen molar-refractivity contribution in [2.24, 2.45) is 0 Å². The van der Waals surface area contributed by atoms with Crippen LogP contribution in [0.3, 0.4) is 0 Å². The van der Waals surface area contributed by atoms with Gasteiger partial charge in [-0.1, -0.05) is 20.8 Å². The van der Waals surface area contributed by atoms with Gasteiger partial charge in [0.2, 0.25) is 0 Å². The highest BCUT2D eigenvalue weighted by Gasteiger charge is 2.22. The Balaban J connectivity index is 2.46. The van der Waals surface area contributed by atoms with Crippen LogP contribution in [0.25, 0.3) is 6.08 Å². The second kappa shape index (κ2) is 9.84. The lowest BCUT2D eigenvalue weighted by atomic mass is 9.85. The van der Waals surface area contributed by atoms with Crippen molar-refractivity contribution in [3.05, 3.63) is 59.2 Å². The van der Waals surface area contributed by atoms with E-state index in [1.165, 1.54) is 0 Å². The van der Waals surface area contributed by atoms with Crippen LogP contribution in [-0.4, -0.2) is 25.0 Å². The molecule has 0 saturated heterocycles. The standard InChI is InChI=1S/C26H35NO3/c1-17(2)29-24-16-25(30-18(3)4)22(26(5,6)7)15-20(24)11-14-23(28)19-9-12-21(27-8)13-10-19/h9-18,27H,1-8H3/b14-11+. The fourth-order valence-electron chi connectivity index (χ4n) is 3.06. The third-order valence-corrected chi connectivity index (χ3v) is 4.52. The average Bonchev–Trinajstić information content (AvgIpc) is 2.65. The predicted molar refractivity (Wildman–Crippen MR) is 126 cm³/mol. The first-order valence-corrected chi connectivity index (χ1v) is 10.5. The van der Waals surface area contributed by atoms with Crippen LogP contribution in [-0.2, 0) is 5.41 Å². The molecule has 30 heavy (non-hydrogen) atoms. The van der Waals surface area contributed by atoms with E-state index in [2.05, 4.69) is 32.2 Å². The molecule has 4 nitrogen and oxygen atoms in total. The number of ether oxygens (including phenoxy) is 2. The van der Waals surface area contributed by atoms with Crippen LogP contribution in [0.5, 0.6) is 11.5 Å². The molecule has 0 radical (unpaired) electrons. The molecule has 2 aromatic rings. The maximum absolute atomic E-state index is 12.7. The Morgan fingerprint density at radius 1 is 0.933 bits per heavy atom. The summed E-state index contributed by atoms with van der Waals surface area (Å²) in [7, 11) is 1.85. The SMILES string of the molecule is CNc1ccc(C(=O)/C=C/c2cc(C(C)(C)C)c(OC(C)C)cc2OC(C)C)cc1. The van der Waals surface area contributed by atoms with Crippen molar-refractivity contribution in [3.63, 3.8) is 0 Å². The van der Waals surface area contributed by atoms with Gasteiger partial charge in [0, 0.05) is 35.5 Å². The zero-order chi connectivity index (χ0) is 22.5. The molecule has 0 fully saturated rings. The van der Waals surface area contributed by atoms with Gasteiger partial charge in [-0.15, -0.1) is 0 Å². The quantitative estimate of drug-likeness (QED) is 0.399. The number of nitrogens with one attached hydrogen (secondary N) is 1. The molecule has 0 atom stereocenters. The van der Waals surface area contributed by atoms with E-state index in [0.29, 0.717) is 11.3 Å². The van der Waals surface area contributed by atoms with E-state index >= 15 is 0 Å². The van der Waals surface area contributed by atoms with Gasteiger partial charge in [0.25, 0.3) is 0 Å². The molecule has 0 unspecified atom stereocenters. The van der Waals surface area contributed by atoms with Gasteiger partial charge < -0.3 is 14.8 Å². The minimum atomic E-state index is -0.115. The van der Waals surface area contributed by atoms with E-state index < -0.39 is 0 Å². The highest BCUT2D eigenvalue weighted by atomic mass is 16.5. The number of rotatable bonds is 8. The fourth-order valence-corrected chi connectivity index (χ4v) is 3.06. The number of allylic oxidation sites excluding steroid dienone is 1. The maximum Gasteiger partial charge on any atom is 0.185 e. The lowest BCUT2D eigenvalue weighted by molar-refractivity contribution is 0.104. The Bertz CT molecular complexity index is 888. The highest BCUT2D eigenvalue weighted by Crippen LogP contribution is 2.38. The Morgan fingerprint density at radius 3 is 2.00 bits per heavy atom. The van der Waals surface area contributed by atoms with E-state index in [4.69, 9.17) is 9.47 Å². The summed E-state index contributed by atoms with van der Waals surface area (Å²) in [6, 6.07) is 11.5. The van der Waals surface area contributed by atoms with Crippen LogP contribution in [0, 0.1) is 0 Å². The Morgan fingerprint density at radius 2 is 1.50 bits per heavy atom. The number of carbonyl (C=O) groups is 1. The van der Waals surface area contributed by atoms with E-state index in [9.17, 15) is 4.79 Å². The summed E-state index contributed by atoms with van der Waals surface area (Å²) < 4.78 is 12.1. The van der Waals surface area contributed by atoms with Gasteiger partial charge in [0.15, 0.2) is 5.78 Å². The number of ketones is 1. The van der Waals surface area contributed by atoms with Crippen LogP contribution in [0.4, 0.5) is 5.69 Å². The van der Waals surface area contributed by atoms with Crippen molar-refractivity contribution in [3.8, 4) is 11.5 Å². The number of benzene rings is 2.